The molecule has 0 aliphatic heterocycles. The molecule has 366 valence electrons. The third kappa shape index (κ3) is 15.2. The van der Waals surface area contributed by atoms with E-state index in [9.17, 15) is 15.3 Å². The second-order valence-electron chi connectivity index (χ2n) is 21.9. The summed E-state index contributed by atoms with van der Waals surface area (Å²) in [7, 11) is 0. The second kappa shape index (κ2) is 22.3. The topological polar surface area (TPSA) is 145 Å². The molecular formula is C56H84N2O8. The zero-order valence-corrected chi connectivity index (χ0v) is 42.8. The molecule has 0 saturated heterocycles. The largest absolute Gasteiger partial charge is 0.491 e. The summed E-state index contributed by atoms with van der Waals surface area (Å²) in [5.74, 6) is 2.73. The number of nitrogens with two attached hydrogens (primary N) is 1. The normalized spacial score (nSPS) is 15.4. The first-order valence-electron chi connectivity index (χ1n) is 23.8. The molecular weight excluding hydrogens is 829 g/mol. The van der Waals surface area contributed by atoms with Crippen molar-refractivity contribution in [2.24, 2.45) is 11.1 Å². The van der Waals surface area contributed by atoms with Crippen molar-refractivity contribution in [3.05, 3.63) is 119 Å². The molecule has 0 aromatic heterocycles. The van der Waals surface area contributed by atoms with Crippen molar-refractivity contribution >= 4 is 0 Å². The van der Waals surface area contributed by atoms with E-state index in [1.807, 2.05) is 97.0 Å². The summed E-state index contributed by atoms with van der Waals surface area (Å²) in [6, 6.07) is 32.1. The van der Waals surface area contributed by atoms with Gasteiger partial charge in [0.05, 0.1) is 18.3 Å². The molecule has 0 fully saturated rings. The first kappa shape index (κ1) is 54.4. The van der Waals surface area contributed by atoms with Crippen LogP contribution in [0, 0.1) is 5.41 Å². The lowest BCUT2D eigenvalue weighted by Crippen LogP contribution is -2.56. The molecule has 0 amide bonds. The minimum Gasteiger partial charge on any atom is -0.491 e. The van der Waals surface area contributed by atoms with E-state index in [0.717, 1.165) is 40.8 Å². The van der Waals surface area contributed by atoms with Crippen LogP contribution in [0.25, 0.3) is 0 Å². The number of ether oxygens (including phenoxy) is 5. The highest BCUT2D eigenvalue weighted by atomic mass is 16.5. The van der Waals surface area contributed by atoms with E-state index in [4.69, 9.17) is 29.4 Å². The molecule has 0 radical (unpaired) electrons. The monoisotopic (exact) mass is 913 g/mol. The van der Waals surface area contributed by atoms with Crippen LogP contribution in [0.2, 0.25) is 0 Å². The summed E-state index contributed by atoms with van der Waals surface area (Å²) >= 11 is 0. The van der Waals surface area contributed by atoms with Crippen LogP contribution in [0.1, 0.15) is 139 Å². The maximum atomic E-state index is 11.2. The van der Waals surface area contributed by atoms with E-state index in [2.05, 4.69) is 109 Å². The van der Waals surface area contributed by atoms with Crippen LogP contribution in [-0.4, -0.2) is 88.9 Å². The van der Waals surface area contributed by atoms with Gasteiger partial charge in [0.25, 0.3) is 0 Å². The summed E-state index contributed by atoms with van der Waals surface area (Å²) < 4.78 is 30.4. The third-order valence-electron chi connectivity index (χ3n) is 13.5. The quantitative estimate of drug-likeness (QED) is 0.0413. The molecule has 66 heavy (non-hydrogen) atoms. The highest BCUT2D eigenvalue weighted by molar-refractivity contribution is 5.43. The van der Waals surface area contributed by atoms with Gasteiger partial charge in [0.1, 0.15) is 60.6 Å². The van der Waals surface area contributed by atoms with Crippen molar-refractivity contribution in [1.82, 2.24) is 5.32 Å². The number of aliphatic hydroxyl groups is 3. The summed E-state index contributed by atoms with van der Waals surface area (Å²) in [6.45, 7) is 31.7. The van der Waals surface area contributed by atoms with Crippen LogP contribution in [0.5, 0.6) is 23.0 Å². The average molecular weight is 913 g/mol. The Morgan fingerprint density at radius 3 is 1.21 bits per heavy atom. The lowest BCUT2D eigenvalue weighted by Gasteiger charge is -2.37. The Bertz CT molecular complexity index is 2060. The van der Waals surface area contributed by atoms with E-state index in [-0.39, 0.29) is 53.8 Å². The molecule has 0 aliphatic rings. The van der Waals surface area contributed by atoms with Gasteiger partial charge in [-0.05, 0) is 144 Å². The van der Waals surface area contributed by atoms with Gasteiger partial charge >= 0.3 is 0 Å². The Morgan fingerprint density at radius 2 is 0.848 bits per heavy atom. The van der Waals surface area contributed by atoms with Crippen LogP contribution >= 0.6 is 0 Å². The molecule has 0 bridgehead atoms. The van der Waals surface area contributed by atoms with Gasteiger partial charge in [0, 0.05) is 28.5 Å². The zero-order valence-electron chi connectivity index (χ0n) is 42.8. The Balaban J connectivity index is 1.26. The van der Waals surface area contributed by atoms with Gasteiger partial charge in [-0.1, -0.05) is 97.0 Å². The maximum absolute atomic E-state index is 11.2. The number of rotatable bonds is 26. The Labute approximate surface area is 397 Å². The number of hydrogen-bond donors (Lipinski definition) is 5. The summed E-state index contributed by atoms with van der Waals surface area (Å²) in [4.78, 5) is 0. The zero-order chi connectivity index (χ0) is 49.3. The van der Waals surface area contributed by atoms with E-state index < -0.39 is 29.5 Å². The van der Waals surface area contributed by atoms with Gasteiger partial charge < -0.3 is 50.1 Å². The molecule has 10 heteroatoms. The molecule has 4 aromatic rings. The lowest BCUT2D eigenvalue weighted by atomic mass is 9.78. The molecule has 5 atom stereocenters. The highest BCUT2D eigenvalue weighted by Crippen LogP contribution is 2.36. The van der Waals surface area contributed by atoms with Crippen molar-refractivity contribution < 1.29 is 39.0 Å². The van der Waals surface area contributed by atoms with Crippen LogP contribution < -0.4 is 30.0 Å². The molecule has 0 heterocycles. The standard InChI is InChI=1S/C56H84N2O8/c1-16-51(4,5)48(59)35-62-44-25-17-42(18-26-44)54(10,11)43-23-31-47(32-24-43)66-56(14,15)50(61)37-64-46-29-21-41(22-30-46)53(8,9)40-19-27-45(28-20-40)63-36-49(60)55(12,13)58-39(3)33-52(6,7)65-34-38(2)57/h17-32,38-39,48-50,58-61H,16,33-37,57H2,1-15H3. The molecule has 0 aliphatic carbocycles. The number of aliphatic hydroxyl groups excluding tert-OH is 3. The van der Waals surface area contributed by atoms with Crippen molar-refractivity contribution in [2.45, 2.75) is 175 Å². The predicted octanol–water partition coefficient (Wildman–Crippen LogP) is 10.1. The third-order valence-corrected chi connectivity index (χ3v) is 13.5. The van der Waals surface area contributed by atoms with E-state index in [0.29, 0.717) is 23.9 Å². The van der Waals surface area contributed by atoms with Crippen LogP contribution in [0.3, 0.4) is 0 Å². The molecule has 5 unspecified atom stereocenters. The molecule has 10 nitrogen and oxygen atoms in total. The van der Waals surface area contributed by atoms with Gasteiger partial charge in [-0.15, -0.1) is 0 Å². The fourth-order valence-corrected chi connectivity index (χ4v) is 7.88. The maximum Gasteiger partial charge on any atom is 0.132 e. The fraction of sp³-hybridized carbons (Fsp3) is 0.571. The van der Waals surface area contributed by atoms with Gasteiger partial charge in [-0.25, -0.2) is 0 Å². The van der Waals surface area contributed by atoms with Crippen molar-refractivity contribution in [1.29, 1.82) is 0 Å². The van der Waals surface area contributed by atoms with Crippen LogP contribution in [0.15, 0.2) is 97.1 Å². The number of nitrogens with one attached hydrogen (secondary N) is 1. The van der Waals surface area contributed by atoms with Crippen LogP contribution in [-0.2, 0) is 15.6 Å². The van der Waals surface area contributed by atoms with Gasteiger partial charge in [-0.2, -0.15) is 0 Å². The van der Waals surface area contributed by atoms with Crippen molar-refractivity contribution in [2.75, 3.05) is 26.4 Å². The first-order chi connectivity index (χ1) is 30.6. The molecule has 6 N–H and O–H groups in total. The Morgan fingerprint density at radius 1 is 0.500 bits per heavy atom. The molecule has 0 saturated carbocycles. The first-order valence-corrected chi connectivity index (χ1v) is 23.8. The second-order valence-corrected chi connectivity index (χ2v) is 21.9. The minimum atomic E-state index is -0.926. The average Bonchev–Trinajstić information content (AvgIpc) is 3.25. The highest BCUT2D eigenvalue weighted by Gasteiger charge is 2.34. The summed E-state index contributed by atoms with van der Waals surface area (Å²) in [6.07, 6.45) is -0.567. The van der Waals surface area contributed by atoms with Crippen LogP contribution in [0.4, 0.5) is 0 Å². The van der Waals surface area contributed by atoms with E-state index in [1.54, 1.807) is 0 Å². The Hall–Kier alpha value is -4.16. The molecule has 4 rings (SSSR count). The SMILES string of the molecule is CCC(C)(C)C(O)COc1ccc(C(C)(C)c2ccc(OC(C)(C)C(O)COc3ccc(C(C)(C)c4ccc(OCC(O)C(C)(C)NC(C)CC(C)(C)OCC(C)N)cc4)cc3)cc2)cc1. The lowest BCUT2D eigenvalue weighted by molar-refractivity contribution is -0.0492. The van der Waals surface area contributed by atoms with Gasteiger partial charge in [0.2, 0.25) is 0 Å². The molecule has 4 aromatic carbocycles. The van der Waals surface area contributed by atoms with Gasteiger partial charge in [-0.3, -0.25) is 0 Å². The summed E-state index contributed by atoms with van der Waals surface area (Å²) in [5, 5.41) is 36.4. The predicted molar refractivity (Wildman–Crippen MR) is 268 cm³/mol. The number of benzene rings is 4. The van der Waals surface area contributed by atoms with E-state index in [1.165, 1.54) is 0 Å². The Kier molecular flexibility index (Phi) is 18.4. The smallest absolute Gasteiger partial charge is 0.132 e. The number of hydrogen-bond acceptors (Lipinski definition) is 10. The van der Waals surface area contributed by atoms with Crippen molar-refractivity contribution in [3.8, 4) is 23.0 Å². The van der Waals surface area contributed by atoms with Gasteiger partial charge in [0.15, 0.2) is 0 Å². The van der Waals surface area contributed by atoms with Crippen molar-refractivity contribution in [3.63, 3.8) is 0 Å². The summed E-state index contributed by atoms with van der Waals surface area (Å²) in [5.41, 5.74) is 7.70. The minimum absolute atomic E-state index is 0.0227. The fourth-order valence-electron chi connectivity index (χ4n) is 7.88. The van der Waals surface area contributed by atoms with E-state index >= 15 is 0 Å². The molecule has 0 spiro atoms.